The second-order valence-corrected chi connectivity index (χ2v) is 8.83. The fraction of sp³-hybridized carbons (Fsp3) is 0.762. The molecule has 4 heterocycles. The Morgan fingerprint density at radius 1 is 1.19 bits per heavy atom. The summed E-state index contributed by atoms with van der Waals surface area (Å²) < 4.78 is 0. The number of aromatic nitrogens is 2. The molecular formula is C21H33N5O. The SMILES string of the molecule is CCc1cc(N2CCC3(CCC(=O)N([C@@H]4CCN(C)C4)C3)CC2)nc(C)n1. The summed E-state index contributed by atoms with van der Waals surface area (Å²) in [4.78, 5) is 28.8. The summed E-state index contributed by atoms with van der Waals surface area (Å²) in [5.74, 6) is 2.32. The molecule has 1 aromatic rings. The predicted molar refractivity (Wildman–Crippen MR) is 107 cm³/mol. The van der Waals surface area contributed by atoms with E-state index in [0.29, 0.717) is 17.4 Å². The third-order valence-electron chi connectivity index (χ3n) is 6.89. The number of aryl methyl sites for hydroxylation is 2. The minimum absolute atomic E-state index is 0.307. The number of carbonyl (C=O) groups is 1. The van der Waals surface area contributed by atoms with Gasteiger partial charge < -0.3 is 14.7 Å². The van der Waals surface area contributed by atoms with Gasteiger partial charge in [0.2, 0.25) is 5.91 Å². The van der Waals surface area contributed by atoms with E-state index in [-0.39, 0.29) is 0 Å². The van der Waals surface area contributed by atoms with Crippen molar-refractivity contribution in [1.82, 2.24) is 19.8 Å². The summed E-state index contributed by atoms with van der Waals surface area (Å²) in [6.07, 6.45) is 6.17. The number of hydrogen-bond donors (Lipinski definition) is 0. The Hall–Kier alpha value is -1.69. The van der Waals surface area contributed by atoms with E-state index in [4.69, 9.17) is 0 Å². The van der Waals surface area contributed by atoms with E-state index in [2.05, 4.69) is 44.7 Å². The topological polar surface area (TPSA) is 52.6 Å². The maximum atomic E-state index is 12.6. The smallest absolute Gasteiger partial charge is 0.222 e. The van der Waals surface area contributed by atoms with Crippen molar-refractivity contribution in [3.63, 3.8) is 0 Å². The summed E-state index contributed by atoms with van der Waals surface area (Å²) >= 11 is 0. The molecule has 3 fully saturated rings. The third-order valence-corrected chi connectivity index (χ3v) is 6.89. The van der Waals surface area contributed by atoms with E-state index >= 15 is 0 Å². The van der Waals surface area contributed by atoms with Crippen LogP contribution in [0, 0.1) is 12.3 Å². The molecule has 6 nitrogen and oxygen atoms in total. The highest BCUT2D eigenvalue weighted by Crippen LogP contribution is 2.42. The van der Waals surface area contributed by atoms with Crippen molar-refractivity contribution in [2.75, 3.05) is 44.7 Å². The first-order chi connectivity index (χ1) is 13.0. The van der Waals surface area contributed by atoms with Gasteiger partial charge in [0.25, 0.3) is 0 Å². The van der Waals surface area contributed by atoms with E-state index in [0.717, 1.165) is 88.6 Å². The normalized spacial score (nSPS) is 26.2. The number of hydrogen-bond acceptors (Lipinski definition) is 5. The first kappa shape index (κ1) is 18.7. The number of rotatable bonds is 3. The van der Waals surface area contributed by atoms with Crippen LogP contribution < -0.4 is 4.90 Å². The molecule has 3 aliphatic rings. The minimum atomic E-state index is 0.307. The van der Waals surface area contributed by atoms with E-state index < -0.39 is 0 Å². The van der Waals surface area contributed by atoms with Crippen LogP contribution in [0.15, 0.2) is 6.07 Å². The highest BCUT2D eigenvalue weighted by molar-refractivity contribution is 5.77. The standard InChI is InChI=1S/C21H33N5O/c1-4-17-13-19(23-16(2)22-17)25-11-8-21(9-12-25)7-5-20(27)26(15-21)18-6-10-24(3)14-18/h13,18H,4-12,14-15H2,1-3H3/t18-/m1/s1. The van der Waals surface area contributed by atoms with Crippen LogP contribution in [0.2, 0.25) is 0 Å². The summed E-state index contributed by atoms with van der Waals surface area (Å²) in [5, 5.41) is 0. The number of anilines is 1. The average molecular weight is 372 g/mol. The van der Waals surface area contributed by atoms with E-state index in [9.17, 15) is 4.79 Å². The van der Waals surface area contributed by atoms with Crippen LogP contribution in [-0.2, 0) is 11.2 Å². The van der Waals surface area contributed by atoms with Crippen LogP contribution in [0.3, 0.4) is 0 Å². The van der Waals surface area contributed by atoms with Crippen molar-refractivity contribution in [2.24, 2.45) is 5.41 Å². The molecule has 0 aliphatic carbocycles. The van der Waals surface area contributed by atoms with Gasteiger partial charge in [0, 0.05) is 50.4 Å². The Morgan fingerprint density at radius 3 is 2.63 bits per heavy atom. The van der Waals surface area contributed by atoms with Crippen LogP contribution in [0.1, 0.15) is 50.5 Å². The number of amides is 1. The minimum Gasteiger partial charge on any atom is -0.356 e. The Balaban J connectivity index is 1.43. The fourth-order valence-corrected chi connectivity index (χ4v) is 5.12. The molecule has 1 spiro atoms. The average Bonchev–Trinajstić information content (AvgIpc) is 3.10. The van der Waals surface area contributed by atoms with Crippen LogP contribution in [0.4, 0.5) is 5.82 Å². The molecule has 3 saturated heterocycles. The molecule has 0 N–H and O–H groups in total. The van der Waals surface area contributed by atoms with Gasteiger partial charge in [-0.2, -0.15) is 0 Å². The van der Waals surface area contributed by atoms with Crippen molar-refractivity contribution in [2.45, 2.75) is 58.4 Å². The van der Waals surface area contributed by atoms with E-state index in [1.54, 1.807) is 0 Å². The molecule has 0 unspecified atom stereocenters. The number of nitrogens with zero attached hydrogens (tertiary/aromatic N) is 5. The van der Waals surface area contributed by atoms with Gasteiger partial charge in [-0.1, -0.05) is 6.92 Å². The van der Waals surface area contributed by atoms with Crippen LogP contribution >= 0.6 is 0 Å². The number of piperidine rings is 2. The molecule has 1 aromatic heterocycles. The van der Waals surface area contributed by atoms with E-state index in [1.807, 2.05) is 6.92 Å². The largest absolute Gasteiger partial charge is 0.356 e. The second-order valence-electron chi connectivity index (χ2n) is 8.83. The highest BCUT2D eigenvalue weighted by Gasteiger charge is 2.43. The molecule has 1 amide bonds. The molecule has 6 heteroatoms. The summed E-state index contributed by atoms with van der Waals surface area (Å²) in [6, 6.07) is 2.57. The summed E-state index contributed by atoms with van der Waals surface area (Å²) in [6.45, 7) is 9.30. The molecule has 148 valence electrons. The molecule has 0 aromatic carbocycles. The van der Waals surface area contributed by atoms with Gasteiger partial charge in [-0.3, -0.25) is 4.79 Å². The van der Waals surface area contributed by atoms with Gasteiger partial charge in [0.1, 0.15) is 11.6 Å². The molecule has 0 bridgehead atoms. The first-order valence-electron chi connectivity index (χ1n) is 10.6. The van der Waals surface area contributed by atoms with Crippen molar-refractivity contribution in [3.8, 4) is 0 Å². The molecule has 3 aliphatic heterocycles. The monoisotopic (exact) mass is 371 g/mol. The van der Waals surface area contributed by atoms with Crippen LogP contribution in [-0.4, -0.2) is 71.5 Å². The third kappa shape index (κ3) is 3.82. The lowest BCUT2D eigenvalue weighted by atomic mass is 9.72. The van der Waals surface area contributed by atoms with Gasteiger partial charge in [0.05, 0.1) is 0 Å². The maximum Gasteiger partial charge on any atom is 0.222 e. The zero-order chi connectivity index (χ0) is 19.0. The van der Waals surface area contributed by atoms with Gasteiger partial charge >= 0.3 is 0 Å². The highest BCUT2D eigenvalue weighted by atomic mass is 16.2. The van der Waals surface area contributed by atoms with Crippen molar-refractivity contribution in [3.05, 3.63) is 17.6 Å². The molecule has 0 radical (unpaired) electrons. The number of carbonyl (C=O) groups excluding carboxylic acids is 1. The second kappa shape index (κ2) is 7.38. The predicted octanol–water partition coefficient (Wildman–Crippen LogP) is 2.26. The lowest BCUT2D eigenvalue weighted by molar-refractivity contribution is -0.141. The summed E-state index contributed by atoms with van der Waals surface area (Å²) in [5.41, 5.74) is 1.43. The zero-order valence-electron chi connectivity index (χ0n) is 17.1. The van der Waals surface area contributed by atoms with E-state index in [1.165, 1.54) is 0 Å². The summed E-state index contributed by atoms with van der Waals surface area (Å²) in [7, 11) is 2.16. The van der Waals surface area contributed by atoms with Gasteiger partial charge in [-0.25, -0.2) is 9.97 Å². The van der Waals surface area contributed by atoms with Gasteiger partial charge in [-0.15, -0.1) is 0 Å². The van der Waals surface area contributed by atoms with Crippen LogP contribution in [0.5, 0.6) is 0 Å². The number of likely N-dealkylation sites (N-methyl/N-ethyl adjacent to an activating group) is 1. The number of likely N-dealkylation sites (tertiary alicyclic amines) is 2. The molecular weight excluding hydrogens is 338 g/mol. The molecule has 4 rings (SSSR count). The molecule has 27 heavy (non-hydrogen) atoms. The van der Waals surface area contributed by atoms with Crippen molar-refractivity contribution >= 4 is 11.7 Å². The van der Waals surface area contributed by atoms with Crippen LogP contribution in [0.25, 0.3) is 0 Å². The van der Waals surface area contributed by atoms with Crippen molar-refractivity contribution in [1.29, 1.82) is 0 Å². The first-order valence-corrected chi connectivity index (χ1v) is 10.6. The zero-order valence-corrected chi connectivity index (χ0v) is 17.1. The Labute approximate surface area is 162 Å². The fourth-order valence-electron chi connectivity index (χ4n) is 5.12. The van der Waals surface area contributed by atoms with Crippen molar-refractivity contribution < 1.29 is 4.79 Å². The lowest BCUT2D eigenvalue weighted by Gasteiger charge is -2.49. The van der Waals surface area contributed by atoms with Gasteiger partial charge in [-0.05, 0) is 58.0 Å². The Morgan fingerprint density at radius 2 is 1.96 bits per heavy atom. The maximum absolute atomic E-state index is 12.6. The molecule has 1 atom stereocenters. The molecule has 0 saturated carbocycles. The quantitative estimate of drug-likeness (QED) is 0.816. The Bertz CT molecular complexity index is 698. The Kier molecular flexibility index (Phi) is 5.10. The van der Waals surface area contributed by atoms with Gasteiger partial charge in [0.15, 0.2) is 0 Å². The lowest BCUT2D eigenvalue weighted by Crippen LogP contribution is -2.55.